The summed E-state index contributed by atoms with van der Waals surface area (Å²) < 4.78 is 5.13. The summed E-state index contributed by atoms with van der Waals surface area (Å²) in [5, 5.41) is 21.0. The summed E-state index contributed by atoms with van der Waals surface area (Å²) in [5.41, 5.74) is 5.23. The third-order valence-corrected chi connectivity index (χ3v) is 2.89. The molecule has 1 aromatic carbocycles. The summed E-state index contributed by atoms with van der Waals surface area (Å²) in [6, 6.07) is 4.48. The molecule has 2 amide bonds. The minimum Gasteiger partial charge on any atom is -0.534 e. The fourth-order valence-corrected chi connectivity index (χ4v) is 1.96. The number of hydrogen-bond donors (Lipinski definition) is 4. The van der Waals surface area contributed by atoms with E-state index in [1.807, 2.05) is 0 Å². The maximum Gasteiger partial charge on any atom is 0.547 e. The smallest absolute Gasteiger partial charge is 0.534 e. The third-order valence-electron chi connectivity index (χ3n) is 2.89. The van der Waals surface area contributed by atoms with Gasteiger partial charge in [0.2, 0.25) is 0 Å². The molecule has 1 heterocycles. The Morgan fingerprint density at radius 1 is 1.40 bits per heavy atom. The number of hydrogen-bond acceptors (Lipinski definition) is 5. The van der Waals surface area contributed by atoms with Crippen molar-refractivity contribution >= 4 is 24.9 Å². The van der Waals surface area contributed by atoms with Crippen molar-refractivity contribution in [2.75, 3.05) is 0 Å². The van der Waals surface area contributed by atoms with Gasteiger partial charge >= 0.3 is 24.9 Å². The Kier molecular flexibility index (Phi) is 3.62. The van der Waals surface area contributed by atoms with E-state index in [-0.39, 0.29) is 17.7 Å². The average molecular weight is 278 g/mol. The van der Waals surface area contributed by atoms with E-state index < -0.39 is 30.8 Å². The van der Waals surface area contributed by atoms with E-state index in [9.17, 15) is 19.4 Å². The van der Waals surface area contributed by atoms with Crippen molar-refractivity contribution < 1.29 is 29.2 Å². The van der Waals surface area contributed by atoms with E-state index in [0.29, 0.717) is 5.56 Å². The molecule has 20 heavy (non-hydrogen) atoms. The average Bonchev–Trinajstić information content (AvgIpc) is 2.38. The van der Waals surface area contributed by atoms with Gasteiger partial charge in [-0.05, 0) is 18.1 Å². The molecule has 0 fully saturated rings. The molecule has 0 aromatic heterocycles. The van der Waals surface area contributed by atoms with Crippen LogP contribution in [-0.4, -0.2) is 41.0 Å². The summed E-state index contributed by atoms with van der Waals surface area (Å²) in [6.45, 7) is 0. The first kappa shape index (κ1) is 13.9. The molecule has 1 atom stereocenters. The highest BCUT2D eigenvalue weighted by Crippen LogP contribution is 2.29. The number of primary amides is 1. The van der Waals surface area contributed by atoms with Gasteiger partial charge in [0.15, 0.2) is 0 Å². The first-order valence-electron chi connectivity index (χ1n) is 5.70. The van der Waals surface area contributed by atoms with Crippen LogP contribution in [0.25, 0.3) is 0 Å². The van der Waals surface area contributed by atoms with Gasteiger partial charge in [0, 0.05) is 0 Å². The van der Waals surface area contributed by atoms with E-state index in [0.717, 1.165) is 0 Å². The first-order chi connectivity index (χ1) is 9.40. The van der Waals surface area contributed by atoms with Gasteiger partial charge in [-0.25, -0.2) is 4.79 Å². The van der Waals surface area contributed by atoms with Crippen molar-refractivity contribution in [3.05, 3.63) is 29.3 Å². The van der Waals surface area contributed by atoms with Gasteiger partial charge in [0.1, 0.15) is 5.75 Å². The lowest BCUT2D eigenvalue weighted by Crippen LogP contribution is -2.55. The maximum absolute atomic E-state index is 11.2. The Balaban J connectivity index is 2.26. The number of carbonyl (C=O) groups excluding carboxylic acids is 2. The molecule has 0 saturated carbocycles. The predicted molar refractivity (Wildman–Crippen MR) is 66.8 cm³/mol. The minimum atomic E-state index is -1.47. The lowest BCUT2D eigenvalue weighted by molar-refractivity contribution is -0.137. The molecule has 0 aliphatic carbocycles. The minimum absolute atomic E-state index is 0.0528. The normalized spacial score (nSPS) is 16.9. The molecule has 0 bridgehead atoms. The summed E-state index contributed by atoms with van der Waals surface area (Å²) in [4.78, 5) is 32.9. The number of rotatable bonds is 2. The molecule has 9 heteroatoms. The van der Waals surface area contributed by atoms with Crippen LogP contribution in [0.3, 0.4) is 0 Å². The number of amides is 2. The highest BCUT2D eigenvalue weighted by atomic mass is 16.5. The summed E-state index contributed by atoms with van der Waals surface area (Å²) in [6.07, 6.45) is 0.122. The van der Waals surface area contributed by atoms with Crippen LogP contribution in [0, 0.1) is 0 Å². The maximum atomic E-state index is 11.2. The third kappa shape index (κ3) is 2.57. The molecule has 0 spiro atoms. The van der Waals surface area contributed by atoms with Crippen LogP contribution in [0.4, 0.5) is 0 Å². The summed E-state index contributed by atoms with van der Waals surface area (Å²) >= 11 is 0. The number of carbonyl (C=O) groups is 3. The van der Waals surface area contributed by atoms with E-state index in [2.05, 4.69) is 5.32 Å². The fraction of sp³-hybridized carbons (Fsp3) is 0.182. The van der Waals surface area contributed by atoms with Gasteiger partial charge in [0.05, 0.1) is 11.5 Å². The number of carboxylic acid groups (broad SMARTS) is 1. The fourth-order valence-electron chi connectivity index (χ4n) is 1.96. The molecule has 1 aromatic rings. The summed E-state index contributed by atoms with van der Waals surface area (Å²) in [5.74, 6) is -4.24. The van der Waals surface area contributed by atoms with Crippen LogP contribution in [0.2, 0.25) is 0 Å². The van der Waals surface area contributed by atoms with Crippen LogP contribution in [0.1, 0.15) is 15.9 Å². The Morgan fingerprint density at radius 3 is 2.70 bits per heavy atom. The molecular formula is C11H11BN2O6. The number of aromatic carboxylic acids is 1. The summed E-state index contributed by atoms with van der Waals surface area (Å²) in [7, 11) is -1.47. The number of para-hydroxylation sites is 1. The number of carboxylic acids is 1. The Bertz CT molecular complexity index is 590. The first-order valence-corrected chi connectivity index (χ1v) is 5.70. The second-order valence-electron chi connectivity index (χ2n) is 4.26. The van der Waals surface area contributed by atoms with E-state index in [1.54, 1.807) is 6.07 Å². The standard InChI is InChI=1S/C11H11BN2O6/c13-9(15)10(16)14-7-4-5-2-1-3-6(11(17)18)8(5)20-12(7)19/h1-3,7,19H,4H2,(H2,13,15)(H,14,16)(H,17,18)/t7-/m0/s1. The second-order valence-corrected chi connectivity index (χ2v) is 4.26. The molecule has 1 aliphatic rings. The van der Waals surface area contributed by atoms with Crippen LogP contribution < -0.4 is 15.7 Å². The Labute approximate surface area is 113 Å². The van der Waals surface area contributed by atoms with E-state index in [1.165, 1.54) is 12.1 Å². The topological polar surface area (TPSA) is 139 Å². The van der Waals surface area contributed by atoms with Crippen LogP contribution in [0.5, 0.6) is 5.75 Å². The molecule has 0 saturated heterocycles. The molecule has 104 valence electrons. The van der Waals surface area contributed by atoms with Gasteiger partial charge in [-0.15, -0.1) is 0 Å². The zero-order valence-corrected chi connectivity index (χ0v) is 10.2. The molecule has 5 N–H and O–H groups in total. The zero-order chi connectivity index (χ0) is 14.9. The lowest BCUT2D eigenvalue weighted by Gasteiger charge is -2.28. The van der Waals surface area contributed by atoms with Crippen molar-refractivity contribution in [2.24, 2.45) is 5.73 Å². The van der Waals surface area contributed by atoms with Gasteiger partial charge < -0.3 is 25.8 Å². The SMILES string of the molecule is NC(=O)C(=O)N[C@H]1Cc2cccc(C(=O)O)c2OB1O. The lowest BCUT2D eigenvalue weighted by atomic mass is 9.72. The van der Waals surface area contributed by atoms with Gasteiger partial charge in [-0.1, -0.05) is 12.1 Å². The van der Waals surface area contributed by atoms with Gasteiger partial charge in [0.25, 0.3) is 0 Å². The largest absolute Gasteiger partial charge is 0.547 e. The highest BCUT2D eigenvalue weighted by Gasteiger charge is 2.38. The number of nitrogens with one attached hydrogen (secondary N) is 1. The Hall–Kier alpha value is -2.55. The number of fused-ring (bicyclic) bond motifs is 1. The van der Waals surface area contributed by atoms with Gasteiger partial charge in [-0.3, -0.25) is 9.59 Å². The predicted octanol–water partition coefficient (Wildman–Crippen LogP) is -1.69. The zero-order valence-electron chi connectivity index (χ0n) is 10.2. The van der Waals surface area contributed by atoms with Crippen molar-refractivity contribution in [2.45, 2.75) is 12.4 Å². The molecule has 1 aliphatic heterocycles. The number of nitrogens with two attached hydrogens (primary N) is 1. The highest BCUT2D eigenvalue weighted by molar-refractivity contribution is 6.48. The van der Waals surface area contributed by atoms with E-state index in [4.69, 9.17) is 15.5 Å². The molecule has 8 nitrogen and oxygen atoms in total. The van der Waals surface area contributed by atoms with E-state index >= 15 is 0 Å². The number of benzene rings is 1. The van der Waals surface area contributed by atoms with Crippen molar-refractivity contribution in [3.63, 3.8) is 0 Å². The molecular weight excluding hydrogens is 267 g/mol. The van der Waals surface area contributed by atoms with Crippen LogP contribution in [-0.2, 0) is 16.0 Å². The Morgan fingerprint density at radius 2 is 2.10 bits per heavy atom. The van der Waals surface area contributed by atoms with Crippen molar-refractivity contribution in [1.29, 1.82) is 0 Å². The van der Waals surface area contributed by atoms with Crippen LogP contribution in [0.15, 0.2) is 18.2 Å². The molecule has 0 unspecified atom stereocenters. The van der Waals surface area contributed by atoms with Crippen LogP contribution >= 0.6 is 0 Å². The second kappa shape index (κ2) is 5.21. The van der Waals surface area contributed by atoms with Gasteiger partial charge in [-0.2, -0.15) is 0 Å². The van der Waals surface area contributed by atoms with Crippen molar-refractivity contribution in [1.82, 2.24) is 5.32 Å². The molecule has 0 radical (unpaired) electrons. The quantitative estimate of drug-likeness (QED) is 0.376. The molecule has 2 rings (SSSR count). The monoisotopic (exact) mass is 278 g/mol. The van der Waals surface area contributed by atoms with Crippen molar-refractivity contribution in [3.8, 4) is 5.75 Å².